The number of anilines is 1. The number of hydrogen-bond donors (Lipinski definition) is 1. The summed E-state index contributed by atoms with van der Waals surface area (Å²) in [6, 6.07) is 5.86. The molecule has 1 aromatic carbocycles. The Kier molecular flexibility index (Phi) is 5.01. The summed E-state index contributed by atoms with van der Waals surface area (Å²) in [5.74, 6) is -0.279. The SMILES string of the molecule is Cc1cc(N)cc(C(=O)OCCC2CCCCN2C)c1. The second kappa shape index (κ2) is 6.75. The third-order valence-corrected chi connectivity index (χ3v) is 3.94. The summed E-state index contributed by atoms with van der Waals surface area (Å²) < 4.78 is 5.37. The molecule has 0 saturated carbocycles. The number of rotatable bonds is 4. The van der Waals surface area contributed by atoms with Crippen LogP contribution in [-0.4, -0.2) is 37.1 Å². The quantitative estimate of drug-likeness (QED) is 0.678. The fourth-order valence-corrected chi connectivity index (χ4v) is 2.81. The predicted octanol–water partition coefficient (Wildman–Crippen LogP) is 2.61. The Morgan fingerprint density at radius 3 is 2.90 bits per heavy atom. The van der Waals surface area contributed by atoms with Crippen LogP contribution >= 0.6 is 0 Å². The van der Waals surface area contributed by atoms with Crippen LogP contribution in [0.4, 0.5) is 5.69 Å². The van der Waals surface area contributed by atoms with Crippen LogP contribution < -0.4 is 5.73 Å². The summed E-state index contributed by atoms with van der Waals surface area (Å²) in [4.78, 5) is 14.3. The highest BCUT2D eigenvalue weighted by Crippen LogP contribution is 2.18. The number of hydrogen-bond acceptors (Lipinski definition) is 4. The smallest absolute Gasteiger partial charge is 0.338 e. The number of aryl methyl sites for hydroxylation is 1. The summed E-state index contributed by atoms with van der Waals surface area (Å²) in [6.45, 7) is 3.54. The van der Waals surface area contributed by atoms with E-state index in [1.165, 1.54) is 19.3 Å². The molecule has 1 aromatic rings. The van der Waals surface area contributed by atoms with Crippen LogP contribution in [0.25, 0.3) is 0 Å². The highest BCUT2D eigenvalue weighted by molar-refractivity contribution is 5.90. The van der Waals surface area contributed by atoms with E-state index in [1.807, 2.05) is 19.1 Å². The number of esters is 1. The summed E-state index contributed by atoms with van der Waals surface area (Å²) in [5.41, 5.74) is 7.86. The predicted molar refractivity (Wildman–Crippen MR) is 80.8 cm³/mol. The average Bonchev–Trinajstić information content (AvgIpc) is 2.39. The zero-order valence-corrected chi connectivity index (χ0v) is 12.4. The van der Waals surface area contributed by atoms with Gasteiger partial charge in [-0.15, -0.1) is 0 Å². The number of likely N-dealkylation sites (tertiary alicyclic amines) is 1. The van der Waals surface area contributed by atoms with Crippen molar-refractivity contribution in [2.45, 2.75) is 38.6 Å². The molecule has 20 heavy (non-hydrogen) atoms. The normalized spacial score (nSPS) is 19.8. The van der Waals surface area contributed by atoms with Gasteiger partial charge in [0.15, 0.2) is 0 Å². The minimum absolute atomic E-state index is 0.279. The summed E-state index contributed by atoms with van der Waals surface area (Å²) in [6.07, 6.45) is 4.65. The fraction of sp³-hybridized carbons (Fsp3) is 0.562. The number of nitrogen functional groups attached to an aromatic ring is 1. The van der Waals surface area contributed by atoms with E-state index in [9.17, 15) is 4.79 Å². The topological polar surface area (TPSA) is 55.6 Å². The van der Waals surface area contributed by atoms with Crippen molar-refractivity contribution in [1.82, 2.24) is 4.90 Å². The Morgan fingerprint density at radius 2 is 2.20 bits per heavy atom. The Hall–Kier alpha value is -1.55. The van der Waals surface area contributed by atoms with E-state index in [4.69, 9.17) is 10.5 Å². The molecule has 0 amide bonds. The fourth-order valence-electron chi connectivity index (χ4n) is 2.81. The van der Waals surface area contributed by atoms with Gasteiger partial charge in [0.2, 0.25) is 0 Å². The van der Waals surface area contributed by atoms with Gasteiger partial charge in [0.05, 0.1) is 12.2 Å². The van der Waals surface area contributed by atoms with E-state index in [0.29, 0.717) is 23.9 Å². The van der Waals surface area contributed by atoms with Crippen LogP contribution in [0.1, 0.15) is 41.6 Å². The molecule has 110 valence electrons. The second-order valence-electron chi connectivity index (χ2n) is 5.69. The third kappa shape index (κ3) is 3.97. The van der Waals surface area contributed by atoms with Crippen molar-refractivity contribution in [2.75, 3.05) is 25.9 Å². The second-order valence-corrected chi connectivity index (χ2v) is 5.69. The van der Waals surface area contributed by atoms with Gasteiger partial charge in [-0.05, 0) is 63.5 Å². The zero-order valence-electron chi connectivity index (χ0n) is 12.4. The van der Waals surface area contributed by atoms with Gasteiger partial charge in [0.1, 0.15) is 0 Å². The number of benzene rings is 1. The van der Waals surface area contributed by atoms with Crippen LogP contribution in [0.3, 0.4) is 0 Å². The van der Waals surface area contributed by atoms with Gasteiger partial charge >= 0.3 is 5.97 Å². The van der Waals surface area contributed by atoms with Gasteiger partial charge in [-0.3, -0.25) is 0 Å². The lowest BCUT2D eigenvalue weighted by molar-refractivity contribution is 0.0450. The molecule has 0 aromatic heterocycles. The molecule has 1 fully saturated rings. The standard InChI is InChI=1S/C16H24N2O2/c1-12-9-13(11-14(17)10-12)16(19)20-8-6-15-5-3-4-7-18(15)2/h9-11,15H,3-8,17H2,1-2H3. The average molecular weight is 276 g/mol. The molecule has 0 radical (unpaired) electrons. The van der Waals surface area contributed by atoms with E-state index in [1.54, 1.807) is 6.07 Å². The summed E-state index contributed by atoms with van der Waals surface area (Å²) in [5, 5.41) is 0. The molecule has 1 aliphatic heterocycles. The van der Waals surface area contributed by atoms with E-state index in [0.717, 1.165) is 18.5 Å². The first-order valence-corrected chi connectivity index (χ1v) is 7.31. The highest BCUT2D eigenvalue weighted by Gasteiger charge is 2.19. The monoisotopic (exact) mass is 276 g/mol. The maximum absolute atomic E-state index is 12.0. The minimum Gasteiger partial charge on any atom is -0.462 e. The van der Waals surface area contributed by atoms with E-state index in [-0.39, 0.29) is 5.97 Å². The van der Waals surface area contributed by atoms with Crippen molar-refractivity contribution in [2.24, 2.45) is 0 Å². The first-order valence-electron chi connectivity index (χ1n) is 7.31. The molecule has 4 heteroatoms. The number of piperidine rings is 1. The molecule has 1 saturated heterocycles. The first kappa shape index (κ1) is 14.9. The van der Waals surface area contributed by atoms with E-state index >= 15 is 0 Å². The molecule has 0 aliphatic carbocycles. The third-order valence-electron chi connectivity index (χ3n) is 3.94. The Morgan fingerprint density at radius 1 is 1.40 bits per heavy atom. The number of carbonyl (C=O) groups is 1. The van der Waals surface area contributed by atoms with Gasteiger partial charge in [-0.1, -0.05) is 6.42 Å². The van der Waals surface area contributed by atoms with Crippen molar-refractivity contribution < 1.29 is 9.53 Å². The number of nitrogens with zero attached hydrogens (tertiary/aromatic N) is 1. The molecule has 0 spiro atoms. The van der Waals surface area contributed by atoms with Gasteiger partial charge in [0.25, 0.3) is 0 Å². The molecule has 1 aliphatic rings. The van der Waals surface area contributed by atoms with Crippen LogP contribution in [0, 0.1) is 6.92 Å². The lowest BCUT2D eigenvalue weighted by atomic mass is 10.0. The molecule has 0 bridgehead atoms. The van der Waals surface area contributed by atoms with Crippen LogP contribution in [0.15, 0.2) is 18.2 Å². The van der Waals surface area contributed by atoms with Crippen molar-refractivity contribution >= 4 is 11.7 Å². The summed E-state index contributed by atoms with van der Waals surface area (Å²) in [7, 11) is 2.15. The van der Waals surface area contributed by atoms with Crippen LogP contribution in [0.2, 0.25) is 0 Å². The molecule has 2 N–H and O–H groups in total. The van der Waals surface area contributed by atoms with Gasteiger partial charge in [-0.2, -0.15) is 0 Å². The van der Waals surface area contributed by atoms with Crippen molar-refractivity contribution in [3.05, 3.63) is 29.3 Å². The number of ether oxygens (including phenoxy) is 1. The van der Waals surface area contributed by atoms with Crippen molar-refractivity contribution in [3.63, 3.8) is 0 Å². The lowest BCUT2D eigenvalue weighted by Crippen LogP contribution is -2.37. The van der Waals surface area contributed by atoms with Gasteiger partial charge < -0.3 is 15.4 Å². The molecule has 1 heterocycles. The van der Waals surface area contributed by atoms with E-state index < -0.39 is 0 Å². The molecule has 1 unspecified atom stereocenters. The van der Waals surface area contributed by atoms with Crippen LogP contribution in [0.5, 0.6) is 0 Å². The summed E-state index contributed by atoms with van der Waals surface area (Å²) >= 11 is 0. The van der Waals surface area contributed by atoms with Crippen molar-refractivity contribution in [1.29, 1.82) is 0 Å². The molecular weight excluding hydrogens is 252 g/mol. The number of carbonyl (C=O) groups excluding carboxylic acids is 1. The molecule has 4 nitrogen and oxygen atoms in total. The molecular formula is C16H24N2O2. The largest absolute Gasteiger partial charge is 0.462 e. The van der Waals surface area contributed by atoms with Gasteiger partial charge in [0, 0.05) is 11.7 Å². The van der Waals surface area contributed by atoms with Crippen molar-refractivity contribution in [3.8, 4) is 0 Å². The number of nitrogens with two attached hydrogens (primary N) is 1. The van der Waals surface area contributed by atoms with Crippen LogP contribution in [-0.2, 0) is 4.74 Å². The lowest BCUT2D eigenvalue weighted by Gasteiger charge is -2.32. The van der Waals surface area contributed by atoms with E-state index in [2.05, 4.69) is 11.9 Å². The highest BCUT2D eigenvalue weighted by atomic mass is 16.5. The maximum atomic E-state index is 12.0. The first-order chi connectivity index (χ1) is 9.56. The Labute approximate surface area is 120 Å². The zero-order chi connectivity index (χ0) is 14.5. The minimum atomic E-state index is -0.279. The molecule has 1 atom stereocenters. The Balaban J connectivity index is 1.82. The molecule has 2 rings (SSSR count). The maximum Gasteiger partial charge on any atom is 0.338 e. The van der Waals surface area contributed by atoms with Gasteiger partial charge in [-0.25, -0.2) is 4.79 Å². The Bertz CT molecular complexity index is 453.